The number of nitrogens with zero attached hydrogens (tertiary/aromatic N) is 2. The molecule has 0 aliphatic heterocycles. The number of esters is 1. The van der Waals surface area contributed by atoms with Crippen LogP contribution in [0.2, 0.25) is 0 Å². The molecule has 1 aromatic carbocycles. The number of rotatable bonds is 8. The number of hydrogen-bond acceptors (Lipinski definition) is 6. The standard InChI is InChI=1S/C18H24N4O2/c1-4-5-6-10-19-16-12-17(21-13(2)20-16)22-15-9-7-8-14(11-15)18(23)24-3/h7-9,11-12H,4-6,10H2,1-3H3,(H2,19,20,21,22). The Bertz CT molecular complexity index is 688. The number of aryl methyl sites for hydroxylation is 1. The van der Waals surface area contributed by atoms with Crippen molar-refractivity contribution < 1.29 is 9.53 Å². The Morgan fingerprint density at radius 2 is 1.96 bits per heavy atom. The van der Waals surface area contributed by atoms with Gasteiger partial charge in [0.2, 0.25) is 0 Å². The van der Waals surface area contributed by atoms with E-state index in [1.54, 1.807) is 18.2 Å². The van der Waals surface area contributed by atoms with E-state index in [4.69, 9.17) is 4.74 Å². The molecule has 0 aliphatic rings. The number of nitrogens with one attached hydrogen (secondary N) is 2. The predicted octanol–water partition coefficient (Wildman–Crippen LogP) is 3.92. The van der Waals surface area contributed by atoms with Crippen LogP contribution in [0.15, 0.2) is 30.3 Å². The molecule has 0 bridgehead atoms. The van der Waals surface area contributed by atoms with Crippen molar-refractivity contribution in [2.45, 2.75) is 33.1 Å². The van der Waals surface area contributed by atoms with Crippen LogP contribution >= 0.6 is 0 Å². The van der Waals surface area contributed by atoms with E-state index in [0.717, 1.165) is 24.5 Å². The van der Waals surface area contributed by atoms with Gasteiger partial charge in [-0.05, 0) is 31.5 Å². The smallest absolute Gasteiger partial charge is 0.337 e. The molecule has 128 valence electrons. The molecule has 6 nitrogen and oxygen atoms in total. The van der Waals surface area contributed by atoms with Crippen molar-refractivity contribution in [3.8, 4) is 0 Å². The highest BCUT2D eigenvalue weighted by Gasteiger charge is 2.07. The number of hydrogen-bond donors (Lipinski definition) is 2. The molecule has 0 saturated heterocycles. The first-order valence-electron chi connectivity index (χ1n) is 8.17. The Kier molecular flexibility index (Phi) is 6.54. The van der Waals surface area contributed by atoms with Crippen LogP contribution in [0.5, 0.6) is 0 Å². The van der Waals surface area contributed by atoms with Crippen LogP contribution in [-0.2, 0) is 4.74 Å². The number of aromatic nitrogens is 2. The van der Waals surface area contributed by atoms with Gasteiger partial charge in [-0.25, -0.2) is 14.8 Å². The van der Waals surface area contributed by atoms with Gasteiger partial charge in [0.15, 0.2) is 0 Å². The number of unbranched alkanes of at least 4 members (excludes halogenated alkanes) is 2. The molecule has 2 aromatic rings. The lowest BCUT2D eigenvalue weighted by Gasteiger charge is -2.11. The Hall–Kier alpha value is -2.63. The molecule has 0 radical (unpaired) electrons. The lowest BCUT2D eigenvalue weighted by atomic mass is 10.2. The second-order valence-electron chi connectivity index (χ2n) is 5.52. The molecule has 0 aliphatic carbocycles. The molecular weight excluding hydrogens is 304 g/mol. The minimum Gasteiger partial charge on any atom is -0.465 e. The highest BCUT2D eigenvalue weighted by molar-refractivity contribution is 5.90. The lowest BCUT2D eigenvalue weighted by Crippen LogP contribution is -2.06. The molecule has 1 aromatic heterocycles. The molecule has 2 N–H and O–H groups in total. The van der Waals surface area contributed by atoms with Crippen molar-refractivity contribution in [2.24, 2.45) is 0 Å². The van der Waals surface area contributed by atoms with Crippen molar-refractivity contribution in [1.82, 2.24) is 9.97 Å². The molecule has 0 fully saturated rings. The molecular formula is C18H24N4O2. The van der Waals surface area contributed by atoms with Gasteiger partial charge in [0, 0.05) is 18.3 Å². The molecule has 2 rings (SSSR count). The fraction of sp³-hybridized carbons (Fsp3) is 0.389. The van der Waals surface area contributed by atoms with Gasteiger partial charge in [-0.3, -0.25) is 0 Å². The zero-order valence-electron chi connectivity index (χ0n) is 14.4. The van der Waals surface area contributed by atoms with Crippen molar-refractivity contribution in [1.29, 1.82) is 0 Å². The van der Waals surface area contributed by atoms with Crippen LogP contribution < -0.4 is 10.6 Å². The van der Waals surface area contributed by atoms with Crippen LogP contribution in [0.4, 0.5) is 17.3 Å². The quantitative estimate of drug-likeness (QED) is 0.565. The highest BCUT2D eigenvalue weighted by Crippen LogP contribution is 2.19. The van der Waals surface area contributed by atoms with Gasteiger partial charge in [0.05, 0.1) is 12.7 Å². The van der Waals surface area contributed by atoms with Gasteiger partial charge in [-0.2, -0.15) is 0 Å². The summed E-state index contributed by atoms with van der Waals surface area (Å²) in [5.41, 5.74) is 1.26. The third-order valence-electron chi connectivity index (χ3n) is 3.48. The summed E-state index contributed by atoms with van der Waals surface area (Å²) >= 11 is 0. The van der Waals surface area contributed by atoms with Crippen LogP contribution in [0.3, 0.4) is 0 Å². The number of benzene rings is 1. The zero-order chi connectivity index (χ0) is 17.4. The van der Waals surface area contributed by atoms with E-state index in [1.807, 2.05) is 19.1 Å². The lowest BCUT2D eigenvalue weighted by molar-refractivity contribution is 0.0601. The maximum atomic E-state index is 11.6. The summed E-state index contributed by atoms with van der Waals surface area (Å²) in [4.78, 5) is 20.4. The minimum atomic E-state index is -0.365. The van der Waals surface area contributed by atoms with Crippen molar-refractivity contribution >= 4 is 23.3 Å². The Morgan fingerprint density at radius 3 is 2.71 bits per heavy atom. The van der Waals surface area contributed by atoms with E-state index in [-0.39, 0.29) is 5.97 Å². The average molecular weight is 328 g/mol. The van der Waals surface area contributed by atoms with Gasteiger partial charge < -0.3 is 15.4 Å². The number of carbonyl (C=O) groups is 1. The number of ether oxygens (including phenoxy) is 1. The summed E-state index contributed by atoms with van der Waals surface area (Å²) < 4.78 is 4.74. The first kappa shape index (κ1) is 17.7. The van der Waals surface area contributed by atoms with E-state index in [2.05, 4.69) is 27.5 Å². The number of methoxy groups -OCH3 is 1. The minimum absolute atomic E-state index is 0.365. The summed E-state index contributed by atoms with van der Waals surface area (Å²) in [6.07, 6.45) is 3.50. The third-order valence-corrected chi connectivity index (χ3v) is 3.48. The van der Waals surface area contributed by atoms with E-state index in [0.29, 0.717) is 17.2 Å². The predicted molar refractivity (Wildman–Crippen MR) is 95.8 cm³/mol. The Balaban J connectivity index is 2.09. The molecule has 0 amide bonds. The van der Waals surface area contributed by atoms with Crippen molar-refractivity contribution in [3.05, 3.63) is 41.7 Å². The fourth-order valence-electron chi connectivity index (χ4n) is 2.30. The molecule has 24 heavy (non-hydrogen) atoms. The first-order chi connectivity index (χ1) is 11.6. The molecule has 0 atom stereocenters. The van der Waals surface area contributed by atoms with E-state index < -0.39 is 0 Å². The van der Waals surface area contributed by atoms with Crippen LogP contribution in [0, 0.1) is 6.92 Å². The first-order valence-corrected chi connectivity index (χ1v) is 8.17. The van der Waals surface area contributed by atoms with Gasteiger partial charge >= 0.3 is 5.97 Å². The maximum absolute atomic E-state index is 11.6. The zero-order valence-corrected chi connectivity index (χ0v) is 14.4. The summed E-state index contributed by atoms with van der Waals surface area (Å²) in [6, 6.07) is 8.98. The summed E-state index contributed by atoms with van der Waals surface area (Å²) in [7, 11) is 1.37. The second kappa shape index (κ2) is 8.86. The van der Waals surface area contributed by atoms with Crippen LogP contribution in [0.25, 0.3) is 0 Å². The number of carbonyl (C=O) groups excluding carboxylic acids is 1. The summed E-state index contributed by atoms with van der Waals surface area (Å²) in [5.74, 6) is 1.80. The van der Waals surface area contributed by atoms with E-state index >= 15 is 0 Å². The monoisotopic (exact) mass is 328 g/mol. The normalized spacial score (nSPS) is 10.3. The highest BCUT2D eigenvalue weighted by atomic mass is 16.5. The third kappa shape index (κ3) is 5.22. The Morgan fingerprint density at radius 1 is 1.17 bits per heavy atom. The molecule has 6 heteroatoms. The van der Waals surface area contributed by atoms with Crippen molar-refractivity contribution in [2.75, 3.05) is 24.3 Å². The largest absolute Gasteiger partial charge is 0.465 e. The Labute approximate surface area is 142 Å². The molecule has 1 heterocycles. The second-order valence-corrected chi connectivity index (χ2v) is 5.52. The average Bonchev–Trinajstić information content (AvgIpc) is 2.58. The number of anilines is 3. The van der Waals surface area contributed by atoms with Gasteiger partial charge in [0.25, 0.3) is 0 Å². The van der Waals surface area contributed by atoms with E-state index in [1.165, 1.54) is 20.0 Å². The molecule has 0 spiro atoms. The maximum Gasteiger partial charge on any atom is 0.337 e. The van der Waals surface area contributed by atoms with Crippen LogP contribution in [0.1, 0.15) is 42.4 Å². The van der Waals surface area contributed by atoms with Crippen molar-refractivity contribution in [3.63, 3.8) is 0 Å². The molecule has 0 saturated carbocycles. The summed E-state index contributed by atoms with van der Waals surface area (Å²) in [5, 5.41) is 6.53. The van der Waals surface area contributed by atoms with Gasteiger partial charge in [-0.1, -0.05) is 25.8 Å². The fourth-order valence-corrected chi connectivity index (χ4v) is 2.30. The SMILES string of the molecule is CCCCCNc1cc(Nc2cccc(C(=O)OC)c2)nc(C)n1. The summed E-state index contributed by atoms with van der Waals surface area (Å²) in [6.45, 7) is 4.92. The topological polar surface area (TPSA) is 76.1 Å². The molecule has 0 unspecified atom stereocenters. The van der Waals surface area contributed by atoms with E-state index in [9.17, 15) is 4.79 Å². The van der Waals surface area contributed by atoms with Gasteiger partial charge in [0.1, 0.15) is 17.5 Å². The van der Waals surface area contributed by atoms with Crippen LogP contribution in [-0.4, -0.2) is 29.6 Å². The van der Waals surface area contributed by atoms with Gasteiger partial charge in [-0.15, -0.1) is 0 Å².